The third-order valence-electron chi connectivity index (χ3n) is 3.58. The summed E-state index contributed by atoms with van der Waals surface area (Å²) in [6, 6.07) is 8.64. The van der Waals surface area contributed by atoms with Gasteiger partial charge in [-0.2, -0.15) is 13.2 Å². The van der Waals surface area contributed by atoms with E-state index in [1.807, 2.05) is 17.5 Å². The van der Waals surface area contributed by atoms with Crippen LogP contribution in [0, 0.1) is 5.82 Å². The van der Waals surface area contributed by atoms with Gasteiger partial charge in [-0.25, -0.2) is 9.18 Å². The predicted molar refractivity (Wildman–Crippen MR) is 99.3 cm³/mol. The topological polar surface area (TPSA) is 76.1 Å². The molecule has 0 saturated carbocycles. The molecule has 0 radical (unpaired) electrons. The third kappa shape index (κ3) is 5.64. The van der Waals surface area contributed by atoms with Gasteiger partial charge in [0.25, 0.3) is 0 Å². The highest BCUT2D eigenvalue weighted by atomic mass is 32.1. The van der Waals surface area contributed by atoms with Gasteiger partial charge in [0.2, 0.25) is 5.88 Å². The number of benzene rings is 1. The molecule has 0 atom stereocenters. The maximum atomic E-state index is 13.2. The number of nitrogens with one attached hydrogen (secondary N) is 2. The molecule has 0 aliphatic rings. The van der Waals surface area contributed by atoms with Crippen LogP contribution in [0.2, 0.25) is 0 Å². The maximum absolute atomic E-state index is 13.2. The van der Waals surface area contributed by atoms with E-state index < -0.39 is 23.6 Å². The molecule has 29 heavy (non-hydrogen) atoms. The molecule has 152 valence electrons. The Bertz CT molecular complexity index is 963. The normalized spacial score (nSPS) is 11.2. The van der Waals surface area contributed by atoms with Gasteiger partial charge in [-0.05, 0) is 35.7 Å². The van der Waals surface area contributed by atoms with Gasteiger partial charge in [-0.15, -0.1) is 21.5 Å². The lowest BCUT2D eigenvalue weighted by atomic mass is 10.2. The predicted octanol–water partition coefficient (Wildman–Crippen LogP) is 4.56. The molecular formula is C18H14F4N4O2S. The van der Waals surface area contributed by atoms with Crippen LogP contribution in [0.4, 0.5) is 28.0 Å². The molecule has 2 aromatic heterocycles. The summed E-state index contributed by atoms with van der Waals surface area (Å²) in [7, 11) is 0. The van der Waals surface area contributed by atoms with Crippen molar-refractivity contribution >= 4 is 23.1 Å². The molecule has 1 aromatic carbocycles. The van der Waals surface area contributed by atoms with Gasteiger partial charge in [-0.1, -0.05) is 6.07 Å². The molecular weight excluding hydrogens is 412 g/mol. The van der Waals surface area contributed by atoms with E-state index in [9.17, 15) is 22.4 Å². The summed E-state index contributed by atoms with van der Waals surface area (Å²) in [5.41, 5.74) is -0.933. The van der Waals surface area contributed by atoms with Crippen molar-refractivity contribution in [3.8, 4) is 16.5 Å². The number of alkyl halides is 3. The van der Waals surface area contributed by atoms with Crippen LogP contribution in [-0.4, -0.2) is 29.4 Å². The second-order valence-electron chi connectivity index (χ2n) is 5.66. The van der Waals surface area contributed by atoms with E-state index in [4.69, 9.17) is 4.74 Å². The Balaban J connectivity index is 1.44. The lowest BCUT2D eigenvalue weighted by Gasteiger charge is -2.12. The quantitative estimate of drug-likeness (QED) is 0.448. The summed E-state index contributed by atoms with van der Waals surface area (Å²) in [4.78, 5) is 12.7. The molecule has 0 fully saturated rings. The first kappa shape index (κ1) is 20.5. The Morgan fingerprint density at radius 3 is 2.62 bits per heavy atom. The van der Waals surface area contributed by atoms with Gasteiger partial charge in [0.1, 0.15) is 18.1 Å². The van der Waals surface area contributed by atoms with E-state index in [1.165, 1.54) is 11.3 Å². The van der Waals surface area contributed by atoms with E-state index >= 15 is 0 Å². The molecule has 0 aliphatic carbocycles. The highest BCUT2D eigenvalue weighted by molar-refractivity contribution is 7.13. The number of carbonyl (C=O) groups is 1. The first-order chi connectivity index (χ1) is 13.8. The van der Waals surface area contributed by atoms with Crippen molar-refractivity contribution in [2.75, 3.05) is 18.5 Å². The highest BCUT2D eigenvalue weighted by Gasteiger charge is 2.34. The number of hydrogen-bond acceptors (Lipinski definition) is 5. The van der Waals surface area contributed by atoms with Crippen molar-refractivity contribution in [3.05, 3.63) is 59.2 Å². The van der Waals surface area contributed by atoms with Crippen LogP contribution in [0.25, 0.3) is 10.6 Å². The number of amides is 2. The van der Waals surface area contributed by atoms with Crippen LogP contribution in [0.3, 0.4) is 0 Å². The van der Waals surface area contributed by atoms with Gasteiger partial charge < -0.3 is 15.4 Å². The van der Waals surface area contributed by atoms with Crippen LogP contribution in [-0.2, 0) is 6.18 Å². The Morgan fingerprint density at radius 2 is 1.97 bits per heavy atom. The average molecular weight is 426 g/mol. The molecule has 0 saturated heterocycles. The second kappa shape index (κ2) is 8.86. The molecule has 0 spiro atoms. The smallest absolute Gasteiger partial charge is 0.419 e. The summed E-state index contributed by atoms with van der Waals surface area (Å²) < 4.78 is 56.6. The zero-order valence-electron chi connectivity index (χ0n) is 14.7. The van der Waals surface area contributed by atoms with E-state index in [1.54, 1.807) is 12.1 Å². The van der Waals surface area contributed by atoms with E-state index in [0.29, 0.717) is 17.8 Å². The van der Waals surface area contributed by atoms with Gasteiger partial charge in [0, 0.05) is 11.8 Å². The van der Waals surface area contributed by atoms with Crippen LogP contribution in [0.5, 0.6) is 5.88 Å². The summed E-state index contributed by atoms with van der Waals surface area (Å²) >= 11 is 1.53. The minimum atomic E-state index is -4.85. The first-order valence-corrected chi connectivity index (χ1v) is 9.13. The minimum absolute atomic E-state index is 0.0630. The second-order valence-corrected chi connectivity index (χ2v) is 6.60. The number of carbonyl (C=O) groups excluding carboxylic acids is 1. The number of thiophene rings is 1. The van der Waals surface area contributed by atoms with Gasteiger partial charge >= 0.3 is 12.2 Å². The summed E-state index contributed by atoms with van der Waals surface area (Å²) in [5.74, 6) is -1.15. The molecule has 3 rings (SSSR count). The lowest BCUT2D eigenvalue weighted by molar-refractivity contribution is -0.139. The van der Waals surface area contributed by atoms with E-state index in [2.05, 4.69) is 20.8 Å². The van der Waals surface area contributed by atoms with Crippen LogP contribution in [0.15, 0.2) is 47.8 Å². The Hall–Kier alpha value is -3.21. The molecule has 6 nitrogen and oxygen atoms in total. The van der Waals surface area contributed by atoms with E-state index in [-0.39, 0.29) is 24.7 Å². The number of aromatic nitrogens is 2. The van der Waals surface area contributed by atoms with Gasteiger partial charge in [0.05, 0.1) is 17.0 Å². The molecule has 3 aromatic rings. The molecule has 11 heteroatoms. The largest absolute Gasteiger partial charge is 0.475 e. The Labute approximate surface area is 166 Å². The molecule has 0 aliphatic heterocycles. The SMILES string of the molecule is O=C(NCCOc1ccc(-c2cccs2)nn1)Nc1ccc(F)c(C(F)(F)F)c1. The monoisotopic (exact) mass is 426 g/mol. The average Bonchev–Trinajstić information content (AvgIpc) is 3.21. The number of rotatable bonds is 6. The molecule has 2 heterocycles. The van der Waals surface area contributed by atoms with Crippen molar-refractivity contribution in [2.45, 2.75) is 6.18 Å². The number of anilines is 1. The number of ether oxygens (including phenoxy) is 1. The fourth-order valence-corrected chi connectivity index (χ4v) is 2.96. The third-order valence-corrected chi connectivity index (χ3v) is 4.47. The zero-order valence-corrected chi connectivity index (χ0v) is 15.5. The summed E-state index contributed by atoms with van der Waals surface area (Å²) in [6.45, 7) is 0.130. The first-order valence-electron chi connectivity index (χ1n) is 8.25. The summed E-state index contributed by atoms with van der Waals surface area (Å²) in [6.07, 6.45) is -4.85. The molecule has 0 unspecified atom stereocenters. The highest BCUT2D eigenvalue weighted by Crippen LogP contribution is 2.33. The van der Waals surface area contributed by atoms with E-state index in [0.717, 1.165) is 10.9 Å². The van der Waals surface area contributed by atoms with Crippen molar-refractivity contribution in [3.63, 3.8) is 0 Å². The van der Waals surface area contributed by atoms with Crippen molar-refractivity contribution in [1.82, 2.24) is 15.5 Å². The molecule has 2 amide bonds. The van der Waals surface area contributed by atoms with Gasteiger partial charge in [-0.3, -0.25) is 0 Å². The number of urea groups is 1. The maximum Gasteiger partial charge on any atom is 0.419 e. The Kier molecular flexibility index (Phi) is 6.27. The van der Waals surface area contributed by atoms with Crippen molar-refractivity contribution in [2.24, 2.45) is 0 Å². The fraction of sp³-hybridized carbons (Fsp3) is 0.167. The van der Waals surface area contributed by atoms with Crippen LogP contribution in [0.1, 0.15) is 5.56 Å². The van der Waals surface area contributed by atoms with Crippen molar-refractivity contribution in [1.29, 1.82) is 0 Å². The number of hydrogen-bond donors (Lipinski definition) is 2. The van der Waals surface area contributed by atoms with Crippen LogP contribution < -0.4 is 15.4 Å². The molecule has 2 N–H and O–H groups in total. The summed E-state index contributed by atoms with van der Waals surface area (Å²) in [5, 5.41) is 14.5. The zero-order chi connectivity index (χ0) is 20.9. The van der Waals surface area contributed by atoms with Gasteiger partial charge in [0.15, 0.2) is 0 Å². The standard InChI is InChI=1S/C18H14F4N4O2S/c19-13-4-3-11(10-12(13)18(20,21)22)24-17(27)23-7-8-28-16-6-5-14(25-26-16)15-2-1-9-29-15/h1-6,9-10H,7-8H2,(H2,23,24,27). The number of nitrogens with zero attached hydrogens (tertiary/aromatic N) is 2. The fourth-order valence-electron chi connectivity index (χ4n) is 2.27. The molecule has 0 bridgehead atoms. The number of halogens is 4. The minimum Gasteiger partial charge on any atom is -0.475 e. The lowest BCUT2D eigenvalue weighted by Crippen LogP contribution is -2.32. The van der Waals surface area contributed by atoms with Crippen LogP contribution >= 0.6 is 11.3 Å². The van der Waals surface area contributed by atoms with Crippen molar-refractivity contribution < 1.29 is 27.1 Å². The Morgan fingerprint density at radius 1 is 1.14 bits per heavy atom.